The van der Waals surface area contributed by atoms with Crippen LogP contribution < -0.4 is 5.32 Å². The summed E-state index contributed by atoms with van der Waals surface area (Å²) in [5.41, 5.74) is 0. The van der Waals surface area contributed by atoms with Crippen molar-refractivity contribution in [3.8, 4) is 0 Å². The van der Waals surface area contributed by atoms with Gasteiger partial charge >= 0.3 is 0 Å². The van der Waals surface area contributed by atoms with Crippen molar-refractivity contribution in [2.45, 2.75) is 6.04 Å². The van der Waals surface area contributed by atoms with E-state index in [0.29, 0.717) is 0 Å². The number of nitrogens with one attached hydrogen (secondary N) is 1. The van der Waals surface area contributed by atoms with E-state index in [2.05, 4.69) is 23.6 Å². The molecule has 0 spiro atoms. The van der Waals surface area contributed by atoms with Gasteiger partial charge in [0, 0.05) is 0 Å². The van der Waals surface area contributed by atoms with Crippen molar-refractivity contribution in [1.29, 1.82) is 0 Å². The summed E-state index contributed by atoms with van der Waals surface area (Å²) in [7, 11) is 0. The van der Waals surface area contributed by atoms with Crippen LogP contribution in [-0.2, 0) is 4.79 Å². The van der Waals surface area contributed by atoms with Crippen LogP contribution in [0.25, 0.3) is 0 Å². The Labute approximate surface area is 59.3 Å². The highest BCUT2D eigenvalue weighted by Crippen LogP contribution is 1.86. The number of aliphatic hydroxyl groups is 1. The zero-order valence-corrected chi connectivity index (χ0v) is 5.58. The van der Waals surface area contributed by atoms with Gasteiger partial charge in [0.15, 0.2) is 6.04 Å². The van der Waals surface area contributed by atoms with Crippen molar-refractivity contribution in [2.75, 3.05) is 6.61 Å². The third kappa shape index (κ3) is 2.41. The summed E-state index contributed by atoms with van der Waals surface area (Å²) in [5, 5.41) is 10.8. The second kappa shape index (κ2) is 4.69. The molecule has 0 radical (unpaired) electrons. The lowest BCUT2D eigenvalue weighted by Crippen LogP contribution is -2.32. The van der Waals surface area contributed by atoms with Crippen molar-refractivity contribution in [3.63, 3.8) is 0 Å². The van der Waals surface area contributed by atoms with Gasteiger partial charge in [-0.2, -0.15) is 0 Å². The first-order valence-electron chi connectivity index (χ1n) is 2.74. The molecule has 0 aliphatic rings. The maximum Gasteiger partial charge on any atom is 0.251 e. The molecule has 0 bridgehead atoms. The molecule has 0 aromatic heterocycles. The topological polar surface area (TPSA) is 61.7 Å². The molecule has 4 nitrogen and oxygen atoms in total. The van der Waals surface area contributed by atoms with Crippen LogP contribution in [0.4, 0.5) is 0 Å². The van der Waals surface area contributed by atoms with Gasteiger partial charge < -0.3 is 10.4 Å². The van der Waals surface area contributed by atoms with Gasteiger partial charge in [0.2, 0.25) is 0 Å². The van der Waals surface area contributed by atoms with Crippen molar-refractivity contribution in [2.24, 2.45) is 4.99 Å². The van der Waals surface area contributed by atoms with Gasteiger partial charge in [0.1, 0.15) is 0 Å². The van der Waals surface area contributed by atoms with E-state index in [0.717, 1.165) is 0 Å². The number of hydrogen-bond donors (Lipinski definition) is 2. The Balaban J connectivity index is 3.87. The highest BCUT2D eigenvalue weighted by Gasteiger charge is 2.11. The second-order valence-corrected chi connectivity index (χ2v) is 1.59. The maximum atomic E-state index is 10.7. The summed E-state index contributed by atoms with van der Waals surface area (Å²) < 4.78 is 0. The zero-order valence-electron chi connectivity index (χ0n) is 5.58. The van der Waals surface area contributed by atoms with Crippen LogP contribution in [0.15, 0.2) is 17.8 Å². The number of rotatable bonds is 4. The Morgan fingerprint density at radius 2 is 2.50 bits per heavy atom. The lowest BCUT2D eigenvalue weighted by Gasteiger charge is -2.04. The van der Waals surface area contributed by atoms with Crippen molar-refractivity contribution >= 4 is 12.6 Å². The van der Waals surface area contributed by atoms with Gasteiger partial charge in [-0.15, -0.1) is 0 Å². The standard InChI is InChI=1S/C6H10N2O2/c1-3-8-6(10)5(4-9)7-2/h3,5,9H,1-2,4H2,(H,8,10). The van der Waals surface area contributed by atoms with Crippen LogP contribution in [0.2, 0.25) is 0 Å². The third-order valence-corrected chi connectivity index (χ3v) is 0.940. The summed E-state index contributed by atoms with van der Waals surface area (Å²) in [6.45, 7) is 6.08. The maximum absolute atomic E-state index is 10.7. The highest BCUT2D eigenvalue weighted by molar-refractivity contribution is 5.83. The summed E-state index contributed by atoms with van der Waals surface area (Å²) >= 11 is 0. The minimum Gasteiger partial charge on any atom is -0.394 e. The van der Waals surface area contributed by atoms with E-state index in [1.165, 1.54) is 6.20 Å². The normalized spacial score (nSPS) is 11.7. The number of carbonyl (C=O) groups excluding carboxylic acids is 1. The molecule has 1 unspecified atom stereocenters. The molecule has 1 amide bonds. The van der Waals surface area contributed by atoms with E-state index in [1.54, 1.807) is 0 Å². The number of hydrogen-bond acceptors (Lipinski definition) is 3. The van der Waals surface area contributed by atoms with Crippen molar-refractivity contribution < 1.29 is 9.90 Å². The van der Waals surface area contributed by atoms with Crippen LogP contribution in [0.5, 0.6) is 0 Å². The van der Waals surface area contributed by atoms with Gasteiger partial charge in [-0.3, -0.25) is 9.79 Å². The van der Waals surface area contributed by atoms with Crippen LogP contribution in [0, 0.1) is 0 Å². The predicted molar refractivity (Wildman–Crippen MR) is 38.8 cm³/mol. The first-order valence-corrected chi connectivity index (χ1v) is 2.74. The van der Waals surface area contributed by atoms with Crippen LogP contribution in [0.1, 0.15) is 0 Å². The Hall–Kier alpha value is -1.16. The van der Waals surface area contributed by atoms with E-state index in [9.17, 15) is 4.79 Å². The molecule has 0 aromatic rings. The van der Waals surface area contributed by atoms with Crippen molar-refractivity contribution in [1.82, 2.24) is 5.32 Å². The summed E-state index contributed by atoms with van der Waals surface area (Å²) in [4.78, 5) is 14.1. The molecule has 0 heterocycles. The van der Waals surface area contributed by atoms with E-state index in [4.69, 9.17) is 5.11 Å². The number of amides is 1. The van der Waals surface area contributed by atoms with Gasteiger partial charge in [-0.25, -0.2) is 0 Å². The summed E-state index contributed by atoms with van der Waals surface area (Å²) in [5.74, 6) is -0.396. The van der Waals surface area contributed by atoms with Crippen LogP contribution in [0.3, 0.4) is 0 Å². The monoisotopic (exact) mass is 142 g/mol. The number of nitrogens with zero attached hydrogens (tertiary/aromatic N) is 1. The molecule has 56 valence electrons. The van der Waals surface area contributed by atoms with Gasteiger partial charge in [0.05, 0.1) is 6.61 Å². The Bertz CT molecular complexity index is 145. The minimum atomic E-state index is -0.780. The molecule has 0 aromatic carbocycles. The average Bonchev–Trinajstić information content (AvgIpc) is 1.91. The largest absolute Gasteiger partial charge is 0.394 e. The lowest BCUT2D eigenvalue weighted by atomic mass is 10.3. The summed E-state index contributed by atoms with van der Waals surface area (Å²) in [6, 6.07) is -0.780. The number of carbonyl (C=O) groups is 1. The molecule has 4 heteroatoms. The Morgan fingerprint density at radius 1 is 1.90 bits per heavy atom. The quantitative estimate of drug-likeness (QED) is 0.510. The average molecular weight is 142 g/mol. The minimum absolute atomic E-state index is 0.330. The molecule has 0 rings (SSSR count). The Morgan fingerprint density at radius 3 is 2.80 bits per heavy atom. The molecule has 2 N–H and O–H groups in total. The molecule has 1 atom stereocenters. The molecular formula is C6H10N2O2. The first-order chi connectivity index (χ1) is 4.76. The van der Waals surface area contributed by atoms with Crippen LogP contribution >= 0.6 is 0 Å². The molecule has 0 saturated carbocycles. The molecule has 0 saturated heterocycles. The lowest BCUT2D eigenvalue weighted by molar-refractivity contribution is -0.122. The van der Waals surface area contributed by atoms with E-state index in [1.807, 2.05) is 0 Å². The fourth-order valence-electron chi connectivity index (χ4n) is 0.420. The fourth-order valence-corrected chi connectivity index (χ4v) is 0.420. The Kier molecular flexibility index (Phi) is 4.15. The highest BCUT2D eigenvalue weighted by atomic mass is 16.3. The van der Waals surface area contributed by atoms with Gasteiger partial charge in [0.25, 0.3) is 5.91 Å². The predicted octanol–water partition coefficient (Wildman–Crippen LogP) is -0.692. The van der Waals surface area contributed by atoms with E-state index < -0.39 is 11.9 Å². The third-order valence-electron chi connectivity index (χ3n) is 0.940. The summed E-state index contributed by atoms with van der Waals surface area (Å²) in [6.07, 6.45) is 1.23. The van der Waals surface area contributed by atoms with Gasteiger partial charge in [-0.05, 0) is 12.9 Å². The number of aliphatic imine (C=N–C) groups is 1. The smallest absolute Gasteiger partial charge is 0.251 e. The molecule has 0 aliphatic carbocycles. The van der Waals surface area contributed by atoms with Crippen molar-refractivity contribution in [3.05, 3.63) is 12.8 Å². The first kappa shape index (κ1) is 8.84. The van der Waals surface area contributed by atoms with E-state index >= 15 is 0 Å². The number of aliphatic hydroxyl groups excluding tert-OH is 1. The molecule has 10 heavy (non-hydrogen) atoms. The van der Waals surface area contributed by atoms with E-state index in [-0.39, 0.29) is 6.61 Å². The zero-order chi connectivity index (χ0) is 7.98. The second-order valence-electron chi connectivity index (χ2n) is 1.59. The van der Waals surface area contributed by atoms with Crippen LogP contribution in [-0.4, -0.2) is 30.4 Å². The van der Waals surface area contributed by atoms with Gasteiger partial charge in [-0.1, -0.05) is 6.58 Å². The SMILES string of the molecule is C=CNC(=O)C(CO)N=C. The molecule has 0 aliphatic heterocycles. The molecule has 0 fully saturated rings. The molecular weight excluding hydrogens is 132 g/mol. The fraction of sp³-hybridized carbons (Fsp3) is 0.333.